The minimum atomic E-state index is -0.289. The van der Waals surface area contributed by atoms with E-state index in [9.17, 15) is 4.39 Å². The van der Waals surface area contributed by atoms with Gasteiger partial charge in [0, 0.05) is 36.3 Å². The lowest BCUT2D eigenvalue weighted by molar-refractivity contribution is 0.629. The normalized spacial score (nSPS) is 11.0. The van der Waals surface area contributed by atoms with Gasteiger partial charge >= 0.3 is 0 Å². The zero-order valence-electron chi connectivity index (χ0n) is 15.9. The fourth-order valence-corrected chi connectivity index (χ4v) is 3.26. The third-order valence-corrected chi connectivity index (χ3v) is 4.67. The number of pyridine rings is 1. The van der Waals surface area contributed by atoms with Crippen LogP contribution in [-0.4, -0.2) is 27.9 Å². The summed E-state index contributed by atoms with van der Waals surface area (Å²) in [6.45, 7) is 1.76. The van der Waals surface area contributed by atoms with Crippen molar-refractivity contribution in [1.29, 1.82) is 0 Å². The van der Waals surface area contributed by atoms with Crippen molar-refractivity contribution in [3.63, 3.8) is 0 Å². The van der Waals surface area contributed by atoms with Crippen LogP contribution in [0.15, 0.2) is 79.1 Å². The molecule has 0 spiro atoms. The summed E-state index contributed by atoms with van der Waals surface area (Å²) in [5, 5.41) is 7.78. The van der Waals surface area contributed by atoms with Crippen LogP contribution >= 0.6 is 0 Å². The van der Waals surface area contributed by atoms with E-state index < -0.39 is 0 Å². The summed E-state index contributed by atoms with van der Waals surface area (Å²) in [4.78, 5) is 4.58. The van der Waals surface area contributed by atoms with Crippen LogP contribution in [0.5, 0.6) is 0 Å². The van der Waals surface area contributed by atoms with Crippen LogP contribution in [-0.2, 0) is 6.54 Å². The van der Waals surface area contributed by atoms with E-state index >= 15 is 0 Å². The number of benzene rings is 2. The Kier molecular flexibility index (Phi) is 5.74. The maximum atomic E-state index is 14.6. The second kappa shape index (κ2) is 8.77. The maximum Gasteiger partial charge on any atom is 0.132 e. The molecule has 0 unspecified atom stereocenters. The standard InChI is InChI=1S/C23H22FN5/c24-21-9-5-4-8-20(21)23-18(14-26-13-12-25)15-28-29(23)19-10-11-22(27-16-19)17-6-2-1-3-7-17/h1-11,15-16,26H,12-14,25H2. The van der Waals surface area contributed by atoms with Crippen molar-refractivity contribution in [1.82, 2.24) is 20.1 Å². The molecule has 0 atom stereocenters. The van der Waals surface area contributed by atoms with Crippen molar-refractivity contribution in [2.45, 2.75) is 6.54 Å². The molecule has 0 fully saturated rings. The Morgan fingerprint density at radius 1 is 0.931 bits per heavy atom. The Balaban J connectivity index is 1.74. The van der Waals surface area contributed by atoms with Crippen LogP contribution in [0.25, 0.3) is 28.2 Å². The molecule has 0 saturated heterocycles. The maximum absolute atomic E-state index is 14.6. The van der Waals surface area contributed by atoms with Crippen molar-refractivity contribution in [2.24, 2.45) is 5.73 Å². The molecule has 0 aliphatic heterocycles. The fraction of sp³-hybridized carbons (Fsp3) is 0.130. The number of nitrogens with zero attached hydrogens (tertiary/aromatic N) is 3. The monoisotopic (exact) mass is 387 g/mol. The van der Waals surface area contributed by atoms with Crippen LogP contribution in [0.3, 0.4) is 0 Å². The molecule has 146 valence electrons. The Bertz CT molecular complexity index is 1070. The smallest absolute Gasteiger partial charge is 0.132 e. The minimum absolute atomic E-state index is 0.289. The lowest BCUT2D eigenvalue weighted by Gasteiger charge is -2.12. The van der Waals surface area contributed by atoms with E-state index in [4.69, 9.17) is 5.73 Å². The van der Waals surface area contributed by atoms with Crippen molar-refractivity contribution in [3.8, 4) is 28.2 Å². The highest BCUT2D eigenvalue weighted by atomic mass is 19.1. The van der Waals surface area contributed by atoms with Crippen LogP contribution in [0, 0.1) is 5.82 Å². The largest absolute Gasteiger partial charge is 0.329 e. The second-order valence-corrected chi connectivity index (χ2v) is 6.64. The number of nitrogens with one attached hydrogen (secondary N) is 1. The van der Waals surface area contributed by atoms with Gasteiger partial charge in [0.25, 0.3) is 0 Å². The van der Waals surface area contributed by atoms with Gasteiger partial charge in [-0.3, -0.25) is 4.98 Å². The summed E-state index contributed by atoms with van der Waals surface area (Å²) in [7, 11) is 0. The third-order valence-electron chi connectivity index (χ3n) is 4.67. The van der Waals surface area contributed by atoms with Gasteiger partial charge in [-0.15, -0.1) is 0 Å². The molecule has 29 heavy (non-hydrogen) atoms. The lowest BCUT2D eigenvalue weighted by atomic mass is 10.1. The van der Waals surface area contributed by atoms with E-state index in [1.165, 1.54) is 6.07 Å². The third kappa shape index (κ3) is 4.08. The topological polar surface area (TPSA) is 68.8 Å². The molecule has 3 N–H and O–H groups in total. The summed E-state index contributed by atoms with van der Waals surface area (Å²) in [6, 6.07) is 20.6. The number of halogens is 1. The summed E-state index contributed by atoms with van der Waals surface area (Å²) >= 11 is 0. The van der Waals surface area contributed by atoms with Gasteiger partial charge in [0.05, 0.1) is 29.5 Å². The van der Waals surface area contributed by atoms with Gasteiger partial charge in [0.1, 0.15) is 5.82 Å². The Labute approximate surface area is 169 Å². The Morgan fingerprint density at radius 2 is 1.72 bits per heavy atom. The molecule has 4 rings (SSSR count). The van der Waals surface area contributed by atoms with Crippen molar-refractivity contribution in [3.05, 3.63) is 90.5 Å². The molecule has 6 heteroatoms. The summed E-state index contributed by atoms with van der Waals surface area (Å²) in [5.74, 6) is -0.289. The molecule has 5 nitrogen and oxygen atoms in total. The number of hydrogen-bond donors (Lipinski definition) is 2. The molecule has 0 amide bonds. The van der Waals surface area contributed by atoms with E-state index in [2.05, 4.69) is 15.4 Å². The van der Waals surface area contributed by atoms with E-state index in [1.54, 1.807) is 29.2 Å². The average Bonchev–Trinajstić information content (AvgIpc) is 3.19. The minimum Gasteiger partial charge on any atom is -0.329 e. The Hall–Kier alpha value is -3.35. The first kappa shape index (κ1) is 19.0. The zero-order chi connectivity index (χ0) is 20.1. The molecule has 4 aromatic rings. The highest BCUT2D eigenvalue weighted by molar-refractivity contribution is 5.67. The van der Waals surface area contributed by atoms with Gasteiger partial charge < -0.3 is 11.1 Å². The highest BCUT2D eigenvalue weighted by Gasteiger charge is 2.17. The van der Waals surface area contributed by atoms with Crippen molar-refractivity contribution >= 4 is 0 Å². The second-order valence-electron chi connectivity index (χ2n) is 6.64. The van der Waals surface area contributed by atoms with E-state index in [0.717, 1.165) is 22.5 Å². The van der Waals surface area contributed by atoms with Gasteiger partial charge in [-0.25, -0.2) is 9.07 Å². The number of rotatable bonds is 7. The van der Waals surface area contributed by atoms with Gasteiger partial charge in [-0.2, -0.15) is 5.10 Å². The molecule has 0 aliphatic carbocycles. The SMILES string of the molecule is NCCNCc1cnn(-c2ccc(-c3ccccc3)nc2)c1-c1ccccc1F. The molecule has 0 bridgehead atoms. The van der Waals surface area contributed by atoms with Crippen LogP contribution in [0.4, 0.5) is 4.39 Å². The average molecular weight is 387 g/mol. The quantitative estimate of drug-likeness (QED) is 0.474. The molecule has 2 heterocycles. The zero-order valence-corrected chi connectivity index (χ0v) is 15.9. The first-order valence-electron chi connectivity index (χ1n) is 9.52. The number of aromatic nitrogens is 3. The van der Waals surface area contributed by atoms with Crippen LogP contribution in [0.1, 0.15) is 5.56 Å². The molecular weight excluding hydrogens is 365 g/mol. The Morgan fingerprint density at radius 3 is 2.45 bits per heavy atom. The molecular formula is C23H22FN5. The molecule has 0 saturated carbocycles. The van der Waals surface area contributed by atoms with E-state index in [-0.39, 0.29) is 5.82 Å². The highest BCUT2D eigenvalue weighted by Crippen LogP contribution is 2.29. The van der Waals surface area contributed by atoms with Gasteiger partial charge in [-0.05, 0) is 24.3 Å². The molecule has 2 aromatic carbocycles. The first-order chi connectivity index (χ1) is 14.3. The number of nitrogens with two attached hydrogens (primary N) is 1. The van der Waals surface area contributed by atoms with Gasteiger partial charge in [-0.1, -0.05) is 42.5 Å². The van der Waals surface area contributed by atoms with Crippen molar-refractivity contribution in [2.75, 3.05) is 13.1 Å². The summed E-state index contributed by atoms with van der Waals surface area (Å²) in [6.07, 6.45) is 3.52. The lowest BCUT2D eigenvalue weighted by Crippen LogP contribution is -2.22. The molecule has 2 aromatic heterocycles. The summed E-state index contributed by atoms with van der Waals surface area (Å²) in [5.41, 5.74) is 10.4. The molecule has 0 aliphatic rings. The van der Waals surface area contributed by atoms with Crippen molar-refractivity contribution < 1.29 is 4.39 Å². The predicted octanol–water partition coefficient (Wildman–Crippen LogP) is 3.79. The molecule has 0 radical (unpaired) electrons. The van der Waals surface area contributed by atoms with E-state index in [0.29, 0.717) is 30.9 Å². The summed E-state index contributed by atoms with van der Waals surface area (Å²) < 4.78 is 16.3. The van der Waals surface area contributed by atoms with Gasteiger partial charge in [0.2, 0.25) is 0 Å². The number of hydrogen-bond acceptors (Lipinski definition) is 4. The fourth-order valence-electron chi connectivity index (χ4n) is 3.26. The van der Waals surface area contributed by atoms with E-state index in [1.807, 2.05) is 48.5 Å². The van der Waals surface area contributed by atoms with Gasteiger partial charge in [0.15, 0.2) is 0 Å². The van der Waals surface area contributed by atoms with Crippen LogP contribution < -0.4 is 11.1 Å². The predicted molar refractivity (Wildman–Crippen MR) is 113 cm³/mol. The first-order valence-corrected chi connectivity index (χ1v) is 9.52. The van der Waals surface area contributed by atoms with Crippen LogP contribution in [0.2, 0.25) is 0 Å².